The third kappa shape index (κ3) is 2.51. The number of aliphatic hydroxyl groups is 1. The topological polar surface area (TPSA) is 29.5 Å². The maximum atomic E-state index is 14.0. The number of benzene rings is 2. The minimum Gasteiger partial charge on any atom is -0.497 e. The van der Waals surface area contributed by atoms with E-state index >= 15 is 0 Å². The summed E-state index contributed by atoms with van der Waals surface area (Å²) < 4.78 is 32.9. The van der Waals surface area contributed by atoms with E-state index in [9.17, 15) is 13.9 Å². The molecule has 1 unspecified atom stereocenters. The monoisotopic (exact) mass is 290 g/mol. The number of aryl methyl sites for hydroxylation is 2. The SMILES string of the molecule is COc1cc(F)c(C(O)c2ccc3c(c2)CCC3)c(F)c1. The highest BCUT2D eigenvalue weighted by molar-refractivity contribution is 5.41. The summed E-state index contributed by atoms with van der Waals surface area (Å²) in [6, 6.07) is 7.66. The summed E-state index contributed by atoms with van der Waals surface area (Å²) in [5.74, 6) is -1.52. The normalized spacial score (nSPS) is 14.9. The van der Waals surface area contributed by atoms with Crippen molar-refractivity contribution in [3.05, 3.63) is 64.2 Å². The number of methoxy groups -OCH3 is 1. The van der Waals surface area contributed by atoms with Crippen LogP contribution in [-0.4, -0.2) is 12.2 Å². The summed E-state index contributed by atoms with van der Waals surface area (Å²) in [5, 5.41) is 10.3. The van der Waals surface area contributed by atoms with Crippen LogP contribution in [0.25, 0.3) is 0 Å². The molecule has 1 aliphatic rings. The summed E-state index contributed by atoms with van der Waals surface area (Å²) in [6.07, 6.45) is 1.74. The molecule has 2 nitrogen and oxygen atoms in total. The maximum absolute atomic E-state index is 14.0. The fraction of sp³-hybridized carbons (Fsp3) is 0.294. The van der Waals surface area contributed by atoms with Crippen LogP contribution in [0.5, 0.6) is 5.75 Å². The number of rotatable bonds is 3. The van der Waals surface area contributed by atoms with Gasteiger partial charge in [-0.1, -0.05) is 18.2 Å². The van der Waals surface area contributed by atoms with E-state index in [1.54, 1.807) is 6.07 Å². The molecule has 2 aromatic rings. The Kier molecular flexibility index (Phi) is 3.64. The highest BCUT2D eigenvalue weighted by Crippen LogP contribution is 2.32. The van der Waals surface area contributed by atoms with E-state index in [1.165, 1.54) is 12.7 Å². The molecule has 0 amide bonds. The van der Waals surface area contributed by atoms with Gasteiger partial charge < -0.3 is 9.84 Å². The zero-order valence-electron chi connectivity index (χ0n) is 11.7. The van der Waals surface area contributed by atoms with Crippen molar-refractivity contribution in [3.63, 3.8) is 0 Å². The Morgan fingerprint density at radius 2 is 1.71 bits per heavy atom. The summed E-state index contributed by atoms with van der Waals surface area (Å²) in [7, 11) is 1.34. The molecule has 3 rings (SSSR count). The molecule has 2 aromatic carbocycles. The average Bonchev–Trinajstić information content (AvgIpc) is 2.93. The highest BCUT2D eigenvalue weighted by Gasteiger charge is 2.22. The predicted molar refractivity (Wildman–Crippen MR) is 75.4 cm³/mol. The van der Waals surface area contributed by atoms with Gasteiger partial charge in [-0.05, 0) is 36.0 Å². The first kappa shape index (κ1) is 14.0. The van der Waals surface area contributed by atoms with Crippen molar-refractivity contribution in [3.8, 4) is 5.75 Å². The van der Waals surface area contributed by atoms with Crippen LogP contribution < -0.4 is 4.74 Å². The molecule has 0 aliphatic heterocycles. The van der Waals surface area contributed by atoms with Crippen LogP contribution in [0.4, 0.5) is 8.78 Å². The van der Waals surface area contributed by atoms with Crippen LogP contribution in [0, 0.1) is 11.6 Å². The Labute approximate surface area is 122 Å². The molecule has 0 aromatic heterocycles. The summed E-state index contributed by atoms with van der Waals surface area (Å²) in [5.41, 5.74) is 2.58. The first-order valence-corrected chi connectivity index (χ1v) is 6.93. The number of hydrogen-bond donors (Lipinski definition) is 1. The highest BCUT2D eigenvalue weighted by atomic mass is 19.1. The molecule has 1 aliphatic carbocycles. The van der Waals surface area contributed by atoms with E-state index in [4.69, 9.17) is 4.74 Å². The molecule has 110 valence electrons. The van der Waals surface area contributed by atoms with Crippen LogP contribution in [-0.2, 0) is 12.8 Å². The smallest absolute Gasteiger partial charge is 0.135 e. The summed E-state index contributed by atoms with van der Waals surface area (Å²) in [4.78, 5) is 0. The second kappa shape index (κ2) is 5.45. The minimum atomic E-state index is -1.32. The van der Waals surface area contributed by atoms with Crippen molar-refractivity contribution in [2.45, 2.75) is 25.4 Å². The van der Waals surface area contributed by atoms with E-state index in [-0.39, 0.29) is 11.3 Å². The van der Waals surface area contributed by atoms with Crippen molar-refractivity contribution in [2.24, 2.45) is 0 Å². The molecule has 0 radical (unpaired) electrons. The third-order valence-electron chi connectivity index (χ3n) is 4.00. The van der Waals surface area contributed by atoms with Crippen LogP contribution in [0.3, 0.4) is 0 Å². The second-order valence-electron chi connectivity index (χ2n) is 5.29. The fourth-order valence-electron chi connectivity index (χ4n) is 2.87. The number of aliphatic hydroxyl groups excluding tert-OH is 1. The Balaban J connectivity index is 2.00. The van der Waals surface area contributed by atoms with E-state index in [0.717, 1.165) is 37.0 Å². The second-order valence-corrected chi connectivity index (χ2v) is 5.29. The lowest BCUT2D eigenvalue weighted by molar-refractivity contribution is 0.208. The van der Waals surface area contributed by atoms with Gasteiger partial charge in [0.2, 0.25) is 0 Å². The van der Waals surface area contributed by atoms with Gasteiger partial charge in [0.1, 0.15) is 23.5 Å². The van der Waals surface area contributed by atoms with E-state index in [1.807, 2.05) is 12.1 Å². The number of halogens is 2. The van der Waals surface area contributed by atoms with Crippen LogP contribution in [0.15, 0.2) is 30.3 Å². The van der Waals surface area contributed by atoms with E-state index in [0.29, 0.717) is 5.56 Å². The quantitative estimate of drug-likeness (QED) is 0.937. The number of fused-ring (bicyclic) bond motifs is 1. The van der Waals surface area contributed by atoms with Crippen molar-refractivity contribution in [2.75, 3.05) is 7.11 Å². The van der Waals surface area contributed by atoms with Crippen LogP contribution in [0.2, 0.25) is 0 Å². The van der Waals surface area contributed by atoms with Crippen molar-refractivity contribution in [1.82, 2.24) is 0 Å². The van der Waals surface area contributed by atoms with Gasteiger partial charge in [-0.15, -0.1) is 0 Å². The molecule has 1 atom stereocenters. The van der Waals surface area contributed by atoms with E-state index < -0.39 is 17.7 Å². The molecular weight excluding hydrogens is 274 g/mol. The predicted octanol–water partition coefficient (Wildman–Crippen LogP) is 3.54. The van der Waals surface area contributed by atoms with Gasteiger partial charge in [0.05, 0.1) is 12.7 Å². The van der Waals surface area contributed by atoms with Gasteiger partial charge in [0, 0.05) is 12.1 Å². The minimum absolute atomic E-state index is 0.0925. The number of ether oxygens (including phenoxy) is 1. The Bertz CT molecular complexity index is 659. The standard InChI is InChI=1S/C17H16F2O2/c1-21-13-8-14(18)16(15(19)9-13)17(20)12-6-5-10-3-2-4-11(10)7-12/h5-9,17,20H,2-4H2,1H3. The Hall–Kier alpha value is -1.94. The molecule has 0 bridgehead atoms. The molecule has 1 N–H and O–H groups in total. The van der Waals surface area contributed by atoms with Crippen molar-refractivity contribution in [1.29, 1.82) is 0 Å². The average molecular weight is 290 g/mol. The molecular formula is C17H16F2O2. The Morgan fingerprint density at radius 1 is 1.05 bits per heavy atom. The largest absolute Gasteiger partial charge is 0.497 e. The third-order valence-corrected chi connectivity index (χ3v) is 4.00. The lowest BCUT2D eigenvalue weighted by Crippen LogP contribution is -2.07. The fourth-order valence-corrected chi connectivity index (χ4v) is 2.87. The summed E-state index contributed by atoms with van der Waals surface area (Å²) in [6.45, 7) is 0. The molecule has 0 heterocycles. The molecule has 0 fully saturated rings. The Morgan fingerprint density at radius 3 is 2.38 bits per heavy atom. The number of hydrogen-bond acceptors (Lipinski definition) is 2. The van der Waals surface area contributed by atoms with E-state index in [2.05, 4.69) is 0 Å². The van der Waals surface area contributed by atoms with Crippen LogP contribution >= 0.6 is 0 Å². The first-order chi connectivity index (χ1) is 10.1. The lowest BCUT2D eigenvalue weighted by atomic mass is 9.97. The molecule has 0 spiro atoms. The molecule has 0 saturated carbocycles. The first-order valence-electron chi connectivity index (χ1n) is 6.93. The summed E-state index contributed by atoms with van der Waals surface area (Å²) >= 11 is 0. The molecule has 4 heteroatoms. The lowest BCUT2D eigenvalue weighted by Gasteiger charge is -2.15. The zero-order chi connectivity index (χ0) is 15.0. The van der Waals surface area contributed by atoms with Gasteiger partial charge in [-0.3, -0.25) is 0 Å². The van der Waals surface area contributed by atoms with Crippen molar-refractivity contribution >= 4 is 0 Å². The van der Waals surface area contributed by atoms with Gasteiger partial charge in [-0.2, -0.15) is 0 Å². The van der Waals surface area contributed by atoms with Crippen molar-refractivity contribution < 1.29 is 18.6 Å². The molecule has 0 saturated heterocycles. The molecule has 21 heavy (non-hydrogen) atoms. The zero-order valence-corrected chi connectivity index (χ0v) is 11.7. The van der Waals surface area contributed by atoms with Gasteiger partial charge >= 0.3 is 0 Å². The maximum Gasteiger partial charge on any atom is 0.135 e. The van der Waals surface area contributed by atoms with Gasteiger partial charge in [0.15, 0.2) is 0 Å². The van der Waals surface area contributed by atoms with Gasteiger partial charge in [0.25, 0.3) is 0 Å². The van der Waals surface area contributed by atoms with Gasteiger partial charge in [-0.25, -0.2) is 8.78 Å². The van der Waals surface area contributed by atoms with Crippen LogP contribution in [0.1, 0.15) is 34.8 Å².